The van der Waals surface area contributed by atoms with E-state index >= 15 is 0 Å². The summed E-state index contributed by atoms with van der Waals surface area (Å²) in [6, 6.07) is 0. The van der Waals surface area contributed by atoms with E-state index in [4.69, 9.17) is 27.1 Å². The van der Waals surface area contributed by atoms with Crippen LogP contribution in [0.2, 0.25) is 0 Å². The second-order valence-corrected chi connectivity index (χ2v) is 11.9. The molecule has 0 aliphatic heterocycles. The van der Waals surface area contributed by atoms with Crippen LogP contribution in [-0.2, 0) is 24.0 Å². The Labute approximate surface area is 272 Å². The van der Waals surface area contributed by atoms with Crippen molar-refractivity contribution in [2.24, 2.45) is 17.2 Å². The van der Waals surface area contributed by atoms with Crippen molar-refractivity contribution in [3.8, 4) is 0 Å². The average Bonchev–Trinajstić information content (AvgIpc) is 2.96. The van der Waals surface area contributed by atoms with E-state index in [0.717, 1.165) is 19.8 Å². The van der Waals surface area contributed by atoms with Crippen LogP contribution in [0.4, 0.5) is 0 Å². The molecule has 0 aliphatic carbocycles. The predicted octanol–water partition coefficient (Wildman–Crippen LogP) is 3.69. The second kappa shape index (κ2) is 32.7. The van der Waals surface area contributed by atoms with Crippen LogP contribution in [0.15, 0.2) is 0 Å². The van der Waals surface area contributed by atoms with Crippen LogP contribution in [0.5, 0.6) is 0 Å². The van der Waals surface area contributed by atoms with Gasteiger partial charge in [-0.15, -0.1) is 0 Å². The minimum Gasteiger partial charge on any atom is -0.481 e. The standard InChI is InChI=1S/C31H62N6O4.C2H4O2/c1-2-3-4-5-6-7-8-9-10-11-12-13-14-15-16-17-31(41)35-21-25-37(24-20-30(34)40)27-26-36(22-18-28(32)38)23-19-29(33)39;1-2(3)4/h2-27H2,1H3,(H2,32,38)(H2,33,39)(H2,34,40)(H,35,41);1H3,(H,3,4). The van der Waals surface area contributed by atoms with Gasteiger partial charge in [-0.3, -0.25) is 28.9 Å². The fourth-order valence-electron chi connectivity index (χ4n) is 4.86. The molecular weight excluding hydrogens is 576 g/mol. The molecule has 0 aliphatic rings. The zero-order chi connectivity index (χ0) is 34.1. The summed E-state index contributed by atoms with van der Waals surface area (Å²) in [4.78, 5) is 59.0. The molecule has 0 saturated carbocycles. The van der Waals surface area contributed by atoms with E-state index in [1.54, 1.807) is 0 Å². The quantitative estimate of drug-likeness (QED) is 0.0704. The lowest BCUT2D eigenvalue weighted by atomic mass is 10.0. The first kappa shape index (κ1) is 44.4. The Hall–Kier alpha value is -2.73. The summed E-state index contributed by atoms with van der Waals surface area (Å²) in [6.07, 6.45) is 20.6. The molecule has 0 aromatic heterocycles. The van der Waals surface area contributed by atoms with Crippen molar-refractivity contribution in [3.63, 3.8) is 0 Å². The smallest absolute Gasteiger partial charge is 0.300 e. The molecule has 0 heterocycles. The van der Waals surface area contributed by atoms with E-state index in [0.29, 0.717) is 52.2 Å². The second-order valence-electron chi connectivity index (χ2n) is 11.9. The van der Waals surface area contributed by atoms with Crippen LogP contribution < -0.4 is 22.5 Å². The number of nitrogens with one attached hydrogen (secondary N) is 1. The Balaban J connectivity index is 0. The van der Waals surface area contributed by atoms with E-state index < -0.39 is 17.8 Å². The first-order chi connectivity index (χ1) is 21.5. The van der Waals surface area contributed by atoms with Gasteiger partial charge in [0.2, 0.25) is 23.6 Å². The molecule has 0 aromatic carbocycles. The number of rotatable bonds is 31. The summed E-state index contributed by atoms with van der Waals surface area (Å²) in [7, 11) is 0. The number of carboxylic acids is 1. The number of carboxylic acid groups (broad SMARTS) is 1. The molecule has 12 heteroatoms. The molecule has 0 radical (unpaired) electrons. The van der Waals surface area contributed by atoms with E-state index in [1.807, 2.05) is 4.90 Å². The van der Waals surface area contributed by atoms with E-state index in [1.165, 1.54) is 83.5 Å². The van der Waals surface area contributed by atoms with Crippen LogP contribution in [0.3, 0.4) is 0 Å². The number of amides is 4. The average molecular weight is 643 g/mol. The zero-order valence-corrected chi connectivity index (χ0v) is 28.5. The van der Waals surface area contributed by atoms with Crippen LogP contribution in [0, 0.1) is 0 Å². The number of hydrogen-bond donors (Lipinski definition) is 5. The van der Waals surface area contributed by atoms with Crippen molar-refractivity contribution in [2.45, 2.75) is 136 Å². The predicted molar refractivity (Wildman–Crippen MR) is 180 cm³/mol. The van der Waals surface area contributed by atoms with Gasteiger partial charge in [0.1, 0.15) is 0 Å². The fourth-order valence-corrected chi connectivity index (χ4v) is 4.86. The van der Waals surface area contributed by atoms with Crippen molar-refractivity contribution in [1.29, 1.82) is 0 Å². The minimum atomic E-state index is -0.833. The highest BCUT2D eigenvalue weighted by molar-refractivity contribution is 5.76. The molecular formula is C33H66N6O6. The molecule has 45 heavy (non-hydrogen) atoms. The molecule has 0 aromatic rings. The van der Waals surface area contributed by atoms with Crippen LogP contribution in [-0.4, -0.2) is 90.3 Å². The minimum absolute atomic E-state index is 0.0547. The summed E-state index contributed by atoms with van der Waals surface area (Å²) < 4.78 is 0. The molecule has 12 nitrogen and oxygen atoms in total. The van der Waals surface area contributed by atoms with Crippen molar-refractivity contribution >= 4 is 29.6 Å². The Morgan fingerprint density at radius 1 is 0.511 bits per heavy atom. The maximum atomic E-state index is 12.3. The third-order valence-electron chi connectivity index (χ3n) is 7.51. The number of primary amides is 3. The molecule has 0 spiro atoms. The first-order valence-electron chi connectivity index (χ1n) is 17.2. The fraction of sp³-hybridized carbons (Fsp3) is 0.848. The van der Waals surface area contributed by atoms with E-state index in [-0.39, 0.29) is 31.1 Å². The van der Waals surface area contributed by atoms with Gasteiger partial charge in [0, 0.05) is 78.4 Å². The van der Waals surface area contributed by atoms with Crippen molar-refractivity contribution < 1.29 is 29.1 Å². The summed E-state index contributed by atoms with van der Waals surface area (Å²) >= 11 is 0. The third kappa shape index (κ3) is 39.2. The number of nitrogens with zero attached hydrogens (tertiary/aromatic N) is 2. The number of aliphatic carboxylic acids is 1. The van der Waals surface area contributed by atoms with Gasteiger partial charge in [-0.05, 0) is 6.42 Å². The Morgan fingerprint density at radius 2 is 0.822 bits per heavy atom. The van der Waals surface area contributed by atoms with E-state index in [9.17, 15) is 19.2 Å². The highest BCUT2D eigenvalue weighted by Gasteiger charge is 2.13. The lowest BCUT2D eigenvalue weighted by Gasteiger charge is -2.27. The van der Waals surface area contributed by atoms with Crippen LogP contribution in [0.1, 0.15) is 136 Å². The van der Waals surface area contributed by atoms with Gasteiger partial charge in [-0.25, -0.2) is 0 Å². The van der Waals surface area contributed by atoms with Gasteiger partial charge < -0.3 is 32.5 Å². The zero-order valence-electron chi connectivity index (χ0n) is 28.5. The van der Waals surface area contributed by atoms with E-state index in [2.05, 4.69) is 17.1 Å². The molecule has 0 fully saturated rings. The molecule has 0 rings (SSSR count). The molecule has 0 bridgehead atoms. The normalized spacial score (nSPS) is 10.8. The summed E-state index contributed by atoms with van der Waals surface area (Å²) in [5, 5.41) is 10.4. The van der Waals surface area contributed by atoms with Gasteiger partial charge in [0.05, 0.1) is 0 Å². The summed E-state index contributed by atoms with van der Waals surface area (Å²) in [6.45, 7) is 6.93. The third-order valence-corrected chi connectivity index (χ3v) is 7.51. The summed E-state index contributed by atoms with van der Waals surface area (Å²) in [5.74, 6) is -1.97. The maximum absolute atomic E-state index is 12.3. The number of carbonyl (C=O) groups is 5. The molecule has 4 amide bonds. The van der Waals surface area contributed by atoms with Crippen molar-refractivity contribution in [2.75, 3.05) is 45.8 Å². The van der Waals surface area contributed by atoms with Crippen molar-refractivity contribution in [1.82, 2.24) is 15.1 Å². The van der Waals surface area contributed by atoms with Gasteiger partial charge in [-0.2, -0.15) is 0 Å². The monoisotopic (exact) mass is 643 g/mol. The lowest BCUT2D eigenvalue weighted by Crippen LogP contribution is -2.42. The molecule has 0 atom stereocenters. The highest BCUT2D eigenvalue weighted by Crippen LogP contribution is 2.13. The van der Waals surface area contributed by atoms with Crippen LogP contribution in [0.25, 0.3) is 0 Å². The van der Waals surface area contributed by atoms with Crippen LogP contribution >= 0.6 is 0 Å². The molecule has 264 valence electrons. The molecule has 0 saturated heterocycles. The number of hydrogen-bond acceptors (Lipinski definition) is 7. The molecule has 8 N–H and O–H groups in total. The van der Waals surface area contributed by atoms with Crippen molar-refractivity contribution in [3.05, 3.63) is 0 Å². The van der Waals surface area contributed by atoms with Gasteiger partial charge in [0.15, 0.2) is 0 Å². The number of nitrogens with two attached hydrogens (primary N) is 3. The molecule has 0 unspecified atom stereocenters. The highest BCUT2D eigenvalue weighted by atomic mass is 16.4. The summed E-state index contributed by atoms with van der Waals surface area (Å²) in [5.41, 5.74) is 15.9. The first-order valence-corrected chi connectivity index (χ1v) is 17.2. The Bertz CT molecular complexity index is 761. The lowest BCUT2D eigenvalue weighted by molar-refractivity contribution is -0.134. The number of carbonyl (C=O) groups excluding carboxylic acids is 4. The SMILES string of the molecule is CC(=O)O.CCCCCCCCCCCCCCCCCC(=O)NCCN(CCC(N)=O)CCN(CCC(N)=O)CCC(N)=O. The van der Waals surface area contributed by atoms with Gasteiger partial charge in [-0.1, -0.05) is 96.8 Å². The largest absolute Gasteiger partial charge is 0.481 e. The van der Waals surface area contributed by atoms with Gasteiger partial charge in [0.25, 0.3) is 5.97 Å². The van der Waals surface area contributed by atoms with Gasteiger partial charge >= 0.3 is 0 Å². The Kier molecular flexibility index (Phi) is 32.2. The Morgan fingerprint density at radius 3 is 1.16 bits per heavy atom. The number of unbranched alkanes of at least 4 members (excludes halogenated alkanes) is 14. The maximum Gasteiger partial charge on any atom is 0.300 e. The topological polar surface area (TPSA) is 202 Å².